The third-order valence-electron chi connectivity index (χ3n) is 3.06. The number of nitrogens with one attached hydrogen (secondary N) is 1. The highest BCUT2D eigenvalue weighted by Gasteiger charge is 2.25. The zero-order valence-corrected chi connectivity index (χ0v) is 14.4. The highest BCUT2D eigenvalue weighted by molar-refractivity contribution is 7.15. The Balaban J connectivity index is 0.00000180. The molecule has 1 aromatic heterocycles. The maximum atomic E-state index is 11.8. The zero-order valence-electron chi connectivity index (χ0n) is 11.9. The van der Waals surface area contributed by atoms with Crippen molar-refractivity contribution in [2.75, 3.05) is 18.4 Å². The molecule has 0 aromatic carbocycles. The van der Waals surface area contributed by atoms with Gasteiger partial charge in [0, 0.05) is 24.4 Å². The van der Waals surface area contributed by atoms with Crippen LogP contribution in [0.25, 0.3) is 0 Å². The van der Waals surface area contributed by atoms with Crippen molar-refractivity contribution in [3.8, 4) is 0 Å². The van der Waals surface area contributed by atoms with Crippen LogP contribution in [0.15, 0.2) is 0 Å². The average Bonchev–Trinajstić information content (AvgIpc) is 2.68. The van der Waals surface area contributed by atoms with Crippen LogP contribution in [0.2, 0.25) is 0 Å². The maximum absolute atomic E-state index is 11.8. The lowest BCUT2D eigenvalue weighted by molar-refractivity contribution is -0.120. The fraction of sp³-hybridized carbons (Fsp3) is 0.667. The van der Waals surface area contributed by atoms with E-state index in [9.17, 15) is 4.79 Å². The van der Waals surface area contributed by atoms with E-state index in [0.717, 1.165) is 31.7 Å². The molecule has 0 aliphatic carbocycles. The number of aromatic nitrogens is 1. The molecule has 0 bridgehead atoms. The quantitative estimate of drug-likeness (QED) is 0.883. The average molecular weight is 341 g/mol. The lowest BCUT2D eigenvalue weighted by Gasteiger charge is -2.23. The second kappa shape index (κ2) is 7.56. The van der Waals surface area contributed by atoms with E-state index in [1.54, 1.807) is 25.2 Å². The van der Waals surface area contributed by atoms with Gasteiger partial charge in [0.1, 0.15) is 0 Å². The molecular formula is C12H22Cl2N4OS. The third-order valence-corrected chi connectivity index (χ3v) is 4.06. The van der Waals surface area contributed by atoms with Crippen molar-refractivity contribution >= 4 is 47.2 Å². The predicted molar refractivity (Wildman–Crippen MR) is 88.2 cm³/mol. The monoisotopic (exact) mass is 340 g/mol. The number of hydrogen-bond donors (Lipinski definition) is 2. The number of halogens is 2. The fourth-order valence-electron chi connectivity index (χ4n) is 1.83. The number of hydrogen-bond acceptors (Lipinski definition) is 5. The van der Waals surface area contributed by atoms with E-state index >= 15 is 0 Å². The molecule has 0 saturated heterocycles. The number of rotatable bonds is 3. The summed E-state index contributed by atoms with van der Waals surface area (Å²) in [6, 6.07) is 0. The van der Waals surface area contributed by atoms with Crippen molar-refractivity contribution in [3.05, 3.63) is 10.6 Å². The van der Waals surface area contributed by atoms with Gasteiger partial charge in [0.05, 0.1) is 11.2 Å². The molecule has 1 aliphatic heterocycles. The van der Waals surface area contributed by atoms with Crippen molar-refractivity contribution in [2.24, 2.45) is 5.73 Å². The van der Waals surface area contributed by atoms with Gasteiger partial charge in [-0.15, -0.1) is 36.2 Å². The summed E-state index contributed by atoms with van der Waals surface area (Å²) in [6.07, 6.45) is 0.960. The molecule has 20 heavy (non-hydrogen) atoms. The Morgan fingerprint density at radius 3 is 2.70 bits per heavy atom. The van der Waals surface area contributed by atoms with Crippen LogP contribution < -0.4 is 11.1 Å². The topological polar surface area (TPSA) is 71.2 Å². The highest BCUT2D eigenvalue weighted by atomic mass is 35.5. The summed E-state index contributed by atoms with van der Waals surface area (Å²) in [5, 5.41) is 3.46. The fourth-order valence-corrected chi connectivity index (χ4v) is 2.88. The molecular weight excluding hydrogens is 319 g/mol. The Kier molecular flexibility index (Phi) is 7.41. The Bertz CT molecular complexity index is 459. The van der Waals surface area contributed by atoms with Crippen LogP contribution in [0, 0.1) is 0 Å². The van der Waals surface area contributed by atoms with Crippen molar-refractivity contribution in [1.29, 1.82) is 0 Å². The summed E-state index contributed by atoms with van der Waals surface area (Å²) in [5.74, 6) is -0.194. The molecule has 0 fully saturated rings. The molecule has 0 saturated carbocycles. The van der Waals surface area contributed by atoms with E-state index in [0.29, 0.717) is 5.13 Å². The molecule has 1 aromatic rings. The third kappa shape index (κ3) is 4.56. The van der Waals surface area contributed by atoms with Crippen LogP contribution in [-0.4, -0.2) is 34.4 Å². The van der Waals surface area contributed by atoms with Crippen LogP contribution in [0.4, 0.5) is 5.13 Å². The van der Waals surface area contributed by atoms with E-state index in [1.165, 1.54) is 4.88 Å². The van der Waals surface area contributed by atoms with Crippen molar-refractivity contribution in [3.63, 3.8) is 0 Å². The minimum atomic E-state index is -0.873. The number of carbonyl (C=O) groups excluding carboxylic acids is 1. The van der Waals surface area contributed by atoms with Gasteiger partial charge in [0.2, 0.25) is 5.91 Å². The molecule has 5 nitrogen and oxygen atoms in total. The lowest BCUT2D eigenvalue weighted by Crippen LogP contribution is -2.45. The van der Waals surface area contributed by atoms with E-state index in [-0.39, 0.29) is 30.7 Å². The number of thiazole rings is 1. The number of amides is 1. The minimum absolute atomic E-state index is 0. The zero-order chi connectivity index (χ0) is 13.3. The number of carbonyl (C=O) groups is 1. The van der Waals surface area contributed by atoms with Crippen LogP contribution in [0.3, 0.4) is 0 Å². The lowest BCUT2D eigenvalue weighted by atomic mass is 10.1. The molecule has 2 rings (SSSR count). The summed E-state index contributed by atoms with van der Waals surface area (Å²) < 4.78 is 0. The maximum Gasteiger partial charge on any atom is 0.245 e. The molecule has 0 unspecified atom stereocenters. The van der Waals surface area contributed by atoms with Gasteiger partial charge in [-0.2, -0.15) is 0 Å². The summed E-state index contributed by atoms with van der Waals surface area (Å²) in [4.78, 5) is 19.9. The van der Waals surface area contributed by atoms with Crippen molar-refractivity contribution in [1.82, 2.24) is 9.88 Å². The summed E-state index contributed by atoms with van der Waals surface area (Å²) >= 11 is 1.56. The molecule has 0 radical (unpaired) electrons. The Morgan fingerprint density at radius 1 is 1.50 bits per heavy atom. The first-order valence-corrected chi connectivity index (χ1v) is 7.03. The summed E-state index contributed by atoms with van der Waals surface area (Å²) in [7, 11) is 0. The molecule has 3 N–H and O–H groups in total. The van der Waals surface area contributed by atoms with Gasteiger partial charge in [-0.1, -0.05) is 6.92 Å². The SMILES string of the molecule is CCN1CCc2nc(NC(=O)C(C)(C)N)sc2C1.Cl.Cl. The number of fused-ring (bicyclic) bond motifs is 1. The van der Waals surface area contributed by atoms with Gasteiger partial charge < -0.3 is 11.1 Å². The van der Waals surface area contributed by atoms with E-state index in [2.05, 4.69) is 22.1 Å². The van der Waals surface area contributed by atoms with Gasteiger partial charge in [-0.3, -0.25) is 9.69 Å². The first kappa shape index (κ1) is 19.6. The highest BCUT2D eigenvalue weighted by Crippen LogP contribution is 2.28. The standard InChI is InChI=1S/C12H20N4OS.2ClH/c1-4-16-6-5-8-9(7-16)18-11(14-8)15-10(17)12(2,3)13;;/h4-7,13H2,1-3H3,(H,14,15,17);2*1H. The van der Waals surface area contributed by atoms with E-state index < -0.39 is 5.54 Å². The molecule has 0 atom stereocenters. The largest absolute Gasteiger partial charge is 0.318 e. The molecule has 1 aliphatic rings. The van der Waals surface area contributed by atoms with E-state index in [4.69, 9.17) is 5.73 Å². The van der Waals surface area contributed by atoms with Crippen LogP contribution in [0.5, 0.6) is 0 Å². The number of likely N-dealkylation sites (N-methyl/N-ethyl adjacent to an activating group) is 1. The number of nitrogens with zero attached hydrogens (tertiary/aromatic N) is 2. The summed E-state index contributed by atoms with van der Waals surface area (Å²) in [6.45, 7) is 8.57. The van der Waals surface area contributed by atoms with Gasteiger partial charge in [0.15, 0.2) is 5.13 Å². The van der Waals surface area contributed by atoms with Crippen LogP contribution in [-0.2, 0) is 17.8 Å². The Labute approximate surface area is 136 Å². The van der Waals surface area contributed by atoms with Crippen molar-refractivity contribution < 1.29 is 4.79 Å². The van der Waals surface area contributed by atoms with Gasteiger partial charge in [-0.05, 0) is 20.4 Å². The van der Waals surface area contributed by atoms with Gasteiger partial charge >= 0.3 is 0 Å². The Morgan fingerprint density at radius 2 is 2.15 bits per heavy atom. The smallest absolute Gasteiger partial charge is 0.245 e. The van der Waals surface area contributed by atoms with E-state index in [1.807, 2.05) is 0 Å². The molecule has 116 valence electrons. The minimum Gasteiger partial charge on any atom is -0.318 e. The molecule has 0 spiro atoms. The molecule has 1 amide bonds. The molecule has 8 heteroatoms. The Hall–Kier alpha value is -0.400. The first-order chi connectivity index (χ1) is 8.40. The predicted octanol–water partition coefficient (Wildman–Crippen LogP) is 2.04. The molecule has 2 heterocycles. The van der Waals surface area contributed by atoms with Crippen LogP contribution in [0.1, 0.15) is 31.3 Å². The second-order valence-electron chi connectivity index (χ2n) is 5.18. The first-order valence-electron chi connectivity index (χ1n) is 6.21. The van der Waals surface area contributed by atoms with Gasteiger partial charge in [-0.25, -0.2) is 4.98 Å². The number of anilines is 1. The summed E-state index contributed by atoms with van der Waals surface area (Å²) in [5.41, 5.74) is 6.00. The van der Waals surface area contributed by atoms with Crippen LogP contribution >= 0.6 is 36.2 Å². The van der Waals surface area contributed by atoms with Crippen molar-refractivity contribution in [2.45, 2.75) is 39.3 Å². The normalized spacial score (nSPS) is 14.8. The van der Waals surface area contributed by atoms with Gasteiger partial charge in [0.25, 0.3) is 0 Å². The number of nitrogens with two attached hydrogens (primary N) is 1. The second-order valence-corrected chi connectivity index (χ2v) is 6.27.